The maximum atomic E-state index is 13.1. The van der Waals surface area contributed by atoms with Crippen molar-refractivity contribution in [2.45, 2.75) is 18.9 Å². The number of H-pyrrole nitrogens is 1. The molecule has 0 bridgehead atoms. The van der Waals surface area contributed by atoms with Crippen LogP contribution in [0.25, 0.3) is 16.7 Å². The number of hydrogen-bond acceptors (Lipinski definition) is 3. The van der Waals surface area contributed by atoms with E-state index < -0.39 is 0 Å². The maximum absolute atomic E-state index is 13.1. The number of hydrogen-bond donors (Lipinski definition) is 1. The zero-order valence-corrected chi connectivity index (χ0v) is 14.7. The van der Waals surface area contributed by atoms with Crippen LogP contribution in [0.5, 0.6) is 0 Å². The van der Waals surface area contributed by atoms with Crippen LogP contribution in [-0.2, 0) is 0 Å². The van der Waals surface area contributed by atoms with Gasteiger partial charge in [0.05, 0.1) is 22.8 Å². The second-order valence-corrected chi connectivity index (χ2v) is 6.79. The molecule has 0 aliphatic carbocycles. The Morgan fingerprint density at radius 2 is 1.93 bits per heavy atom. The molecule has 27 heavy (non-hydrogen) atoms. The first kappa shape index (κ1) is 15.8. The first-order valence-electron chi connectivity index (χ1n) is 9.15. The van der Waals surface area contributed by atoms with Gasteiger partial charge in [0.25, 0.3) is 5.91 Å². The third kappa shape index (κ3) is 2.79. The minimum Gasteiger partial charge on any atom is -0.340 e. The molecule has 3 heterocycles. The number of imidazole rings is 1. The summed E-state index contributed by atoms with van der Waals surface area (Å²) in [6, 6.07) is 17.4. The van der Waals surface area contributed by atoms with Gasteiger partial charge < -0.3 is 9.88 Å². The van der Waals surface area contributed by atoms with Crippen molar-refractivity contribution in [1.82, 2.24) is 24.6 Å². The SMILES string of the molecule is O=C(c1ccc(-n2cccn2)cc1)N1CCC[C@@H]1c1nc2ccccc2[nH]1. The summed E-state index contributed by atoms with van der Waals surface area (Å²) >= 11 is 0. The standard InChI is InChI=1S/C21H19N5O/c27-21(15-8-10-16(11-9-15)26-14-4-12-22-26)25-13-3-7-19(25)20-23-17-5-1-2-6-18(17)24-20/h1-2,4-6,8-12,14,19H,3,7,13H2,(H,23,24)/t19-/m1/s1. The van der Waals surface area contributed by atoms with Crippen molar-refractivity contribution < 1.29 is 4.79 Å². The van der Waals surface area contributed by atoms with Crippen molar-refractivity contribution in [3.05, 3.63) is 78.4 Å². The molecule has 1 N–H and O–H groups in total. The molecule has 1 fully saturated rings. The number of likely N-dealkylation sites (tertiary alicyclic amines) is 1. The molecule has 1 atom stereocenters. The quantitative estimate of drug-likeness (QED) is 0.607. The summed E-state index contributed by atoms with van der Waals surface area (Å²) in [7, 11) is 0. The average molecular weight is 357 g/mol. The molecule has 134 valence electrons. The van der Waals surface area contributed by atoms with E-state index >= 15 is 0 Å². The van der Waals surface area contributed by atoms with E-state index in [1.807, 2.05) is 65.7 Å². The van der Waals surface area contributed by atoms with Crippen molar-refractivity contribution in [3.8, 4) is 5.69 Å². The molecule has 6 heteroatoms. The van der Waals surface area contributed by atoms with Crippen molar-refractivity contribution in [3.63, 3.8) is 0 Å². The lowest BCUT2D eigenvalue weighted by atomic mass is 10.1. The molecule has 4 aromatic rings. The smallest absolute Gasteiger partial charge is 0.254 e. The molecule has 5 rings (SSSR count). The molecule has 1 saturated heterocycles. The maximum Gasteiger partial charge on any atom is 0.254 e. The highest BCUT2D eigenvalue weighted by Gasteiger charge is 2.32. The number of aromatic amines is 1. The van der Waals surface area contributed by atoms with Crippen LogP contribution >= 0.6 is 0 Å². The third-order valence-electron chi connectivity index (χ3n) is 5.12. The minimum atomic E-state index is -0.00399. The largest absolute Gasteiger partial charge is 0.340 e. The van der Waals surface area contributed by atoms with Gasteiger partial charge in [0.15, 0.2) is 0 Å². The fraction of sp³-hybridized carbons (Fsp3) is 0.190. The van der Waals surface area contributed by atoms with Gasteiger partial charge in [-0.2, -0.15) is 5.10 Å². The number of carbonyl (C=O) groups excluding carboxylic acids is 1. The second-order valence-electron chi connectivity index (χ2n) is 6.79. The Bertz CT molecular complexity index is 1050. The molecule has 0 radical (unpaired) electrons. The molecular formula is C21H19N5O. The van der Waals surface area contributed by atoms with Gasteiger partial charge in [-0.25, -0.2) is 9.67 Å². The summed E-state index contributed by atoms with van der Waals surface area (Å²) in [5, 5.41) is 4.22. The monoisotopic (exact) mass is 357 g/mol. The molecule has 6 nitrogen and oxygen atoms in total. The minimum absolute atomic E-state index is 0.00399. The molecule has 2 aromatic heterocycles. The first-order chi connectivity index (χ1) is 13.3. The lowest BCUT2D eigenvalue weighted by molar-refractivity contribution is 0.0730. The summed E-state index contributed by atoms with van der Waals surface area (Å²) in [4.78, 5) is 23.1. The lowest BCUT2D eigenvalue weighted by Crippen LogP contribution is -2.31. The molecule has 0 saturated carbocycles. The van der Waals surface area contributed by atoms with Crippen molar-refractivity contribution in [2.75, 3.05) is 6.54 Å². The van der Waals surface area contributed by atoms with Crippen LogP contribution in [0.1, 0.15) is 35.1 Å². The van der Waals surface area contributed by atoms with Crippen LogP contribution in [0, 0.1) is 0 Å². The Kier molecular flexibility index (Phi) is 3.74. The predicted molar refractivity (Wildman–Crippen MR) is 103 cm³/mol. The van der Waals surface area contributed by atoms with E-state index in [-0.39, 0.29) is 11.9 Å². The van der Waals surface area contributed by atoms with E-state index in [1.54, 1.807) is 10.9 Å². The number of aromatic nitrogens is 4. The van der Waals surface area contributed by atoms with Crippen LogP contribution < -0.4 is 0 Å². The van der Waals surface area contributed by atoms with Gasteiger partial charge in [-0.05, 0) is 55.3 Å². The van der Waals surface area contributed by atoms with Crippen LogP contribution in [-0.4, -0.2) is 37.1 Å². The highest BCUT2D eigenvalue weighted by atomic mass is 16.2. The average Bonchev–Trinajstić information content (AvgIpc) is 3.47. The van der Waals surface area contributed by atoms with Gasteiger partial charge in [-0.15, -0.1) is 0 Å². The van der Waals surface area contributed by atoms with Gasteiger partial charge in [0, 0.05) is 24.5 Å². The fourth-order valence-electron chi connectivity index (χ4n) is 3.77. The highest BCUT2D eigenvalue weighted by molar-refractivity contribution is 5.95. The summed E-state index contributed by atoms with van der Waals surface area (Å²) in [5.74, 6) is 0.917. The Hall–Kier alpha value is -3.41. The summed E-state index contributed by atoms with van der Waals surface area (Å²) in [6.45, 7) is 0.751. The number of carbonyl (C=O) groups is 1. The van der Waals surface area contributed by atoms with Crippen molar-refractivity contribution in [1.29, 1.82) is 0 Å². The van der Waals surface area contributed by atoms with E-state index in [0.717, 1.165) is 41.9 Å². The van der Waals surface area contributed by atoms with Gasteiger partial charge in [0.2, 0.25) is 0 Å². The molecular weight excluding hydrogens is 338 g/mol. The number of nitrogens with one attached hydrogen (secondary N) is 1. The number of nitrogens with zero attached hydrogens (tertiary/aromatic N) is 4. The molecule has 2 aromatic carbocycles. The van der Waals surface area contributed by atoms with Gasteiger partial charge in [-0.1, -0.05) is 12.1 Å². The van der Waals surface area contributed by atoms with Gasteiger partial charge >= 0.3 is 0 Å². The van der Waals surface area contributed by atoms with E-state index in [2.05, 4.69) is 10.1 Å². The number of rotatable bonds is 3. The van der Waals surface area contributed by atoms with E-state index in [4.69, 9.17) is 4.98 Å². The Balaban J connectivity index is 1.41. The van der Waals surface area contributed by atoms with Crippen LogP contribution in [0.2, 0.25) is 0 Å². The fourth-order valence-corrected chi connectivity index (χ4v) is 3.77. The number of benzene rings is 2. The number of para-hydroxylation sites is 2. The van der Waals surface area contributed by atoms with Crippen molar-refractivity contribution >= 4 is 16.9 Å². The zero-order valence-electron chi connectivity index (χ0n) is 14.7. The highest BCUT2D eigenvalue weighted by Crippen LogP contribution is 2.32. The first-order valence-corrected chi connectivity index (χ1v) is 9.15. The third-order valence-corrected chi connectivity index (χ3v) is 5.12. The Labute approximate surface area is 156 Å². The number of amides is 1. The summed E-state index contributed by atoms with van der Waals surface area (Å²) in [5.41, 5.74) is 3.58. The summed E-state index contributed by atoms with van der Waals surface area (Å²) in [6.07, 6.45) is 5.53. The number of fused-ring (bicyclic) bond motifs is 1. The van der Waals surface area contributed by atoms with Gasteiger partial charge in [0.1, 0.15) is 5.82 Å². The van der Waals surface area contributed by atoms with E-state index in [1.165, 1.54) is 0 Å². The Morgan fingerprint density at radius 1 is 1.07 bits per heavy atom. The normalized spacial score (nSPS) is 16.9. The van der Waals surface area contributed by atoms with E-state index in [0.29, 0.717) is 5.56 Å². The van der Waals surface area contributed by atoms with Gasteiger partial charge in [-0.3, -0.25) is 4.79 Å². The second kappa shape index (κ2) is 6.39. The summed E-state index contributed by atoms with van der Waals surface area (Å²) < 4.78 is 1.78. The Morgan fingerprint density at radius 3 is 2.70 bits per heavy atom. The lowest BCUT2D eigenvalue weighted by Gasteiger charge is -2.23. The molecule has 0 spiro atoms. The van der Waals surface area contributed by atoms with Crippen LogP contribution in [0.3, 0.4) is 0 Å². The van der Waals surface area contributed by atoms with Crippen molar-refractivity contribution in [2.24, 2.45) is 0 Å². The van der Waals surface area contributed by atoms with E-state index in [9.17, 15) is 4.79 Å². The van der Waals surface area contributed by atoms with Crippen LogP contribution in [0.15, 0.2) is 67.0 Å². The predicted octanol–water partition coefficient (Wildman–Crippen LogP) is 3.73. The molecule has 1 aliphatic heterocycles. The zero-order chi connectivity index (χ0) is 18.2. The molecule has 0 unspecified atom stereocenters. The molecule has 1 amide bonds. The topological polar surface area (TPSA) is 66.8 Å². The van der Waals surface area contributed by atoms with Crippen LogP contribution in [0.4, 0.5) is 0 Å². The molecule has 1 aliphatic rings.